The number of carbonyl (C=O) groups excluding carboxylic acids is 2. The van der Waals surface area contributed by atoms with Gasteiger partial charge in [-0.2, -0.15) is 0 Å². The van der Waals surface area contributed by atoms with Gasteiger partial charge >= 0.3 is 11.8 Å². The number of thioether (sulfide) groups is 1. The van der Waals surface area contributed by atoms with E-state index in [2.05, 4.69) is 15.3 Å². The topological polar surface area (TPSA) is 78.4 Å². The van der Waals surface area contributed by atoms with Gasteiger partial charge in [-0.1, -0.05) is 6.07 Å². The third-order valence-corrected chi connectivity index (χ3v) is 4.65. The maximum absolute atomic E-state index is 12.4. The van der Waals surface area contributed by atoms with Gasteiger partial charge in [-0.3, -0.25) is 9.59 Å². The molecule has 1 N–H and O–H groups in total. The van der Waals surface area contributed by atoms with Crippen LogP contribution in [-0.4, -0.2) is 59.1 Å². The fraction of sp³-hybridized carbons (Fsp3) is 0.294. The molecule has 2 amide bonds. The van der Waals surface area contributed by atoms with E-state index < -0.39 is 11.8 Å². The lowest BCUT2D eigenvalue weighted by Crippen LogP contribution is -2.52. The molecule has 130 valence electrons. The number of amides is 2. The normalized spacial score (nSPS) is 14.3. The Bertz CT molecular complexity index is 748. The second-order valence-electron chi connectivity index (χ2n) is 5.51. The fourth-order valence-electron chi connectivity index (χ4n) is 2.59. The van der Waals surface area contributed by atoms with Gasteiger partial charge in [0.05, 0.1) is 0 Å². The van der Waals surface area contributed by atoms with Gasteiger partial charge in [0, 0.05) is 49.2 Å². The molecule has 1 fully saturated rings. The molecule has 1 aliphatic heterocycles. The molecule has 3 rings (SSSR count). The molecule has 0 saturated carbocycles. The highest BCUT2D eigenvalue weighted by atomic mass is 32.2. The molecule has 0 bridgehead atoms. The van der Waals surface area contributed by atoms with Crippen LogP contribution in [0.3, 0.4) is 0 Å². The lowest BCUT2D eigenvalue weighted by molar-refractivity contribution is -0.143. The Labute approximate surface area is 150 Å². The first kappa shape index (κ1) is 17.2. The maximum atomic E-state index is 12.4. The van der Waals surface area contributed by atoms with Crippen molar-refractivity contribution in [1.29, 1.82) is 0 Å². The SMILES string of the molecule is CSc1cccc(NC(=O)C(=O)N2CCN(c3ncccn3)CC2)c1. The first-order valence-corrected chi connectivity index (χ1v) is 9.16. The highest BCUT2D eigenvalue weighted by Crippen LogP contribution is 2.19. The predicted octanol–water partition coefficient (Wildman–Crippen LogP) is 1.49. The van der Waals surface area contributed by atoms with Crippen molar-refractivity contribution in [3.63, 3.8) is 0 Å². The van der Waals surface area contributed by atoms with E-state index in [1.807, 2.05) is 29.4 Å². The van der Waals surface area contributed by atoms with Crippen molar-refractivity contribution in [2.45, 2.75) is 4.90 Å². The number of carbonyl (C=O) groups is 2. The van der Waals surface area contributed by atoms with E-state index in [0.29, 0.717) is 37.8 Å². The Morgan fingerprint density at radius 1 is 1.08 bits per heavy atom. The van der Waals surface area contributed by atoms with Gasteiger partial charge in [-0.25, -0.2) is 9.97 Å². The lowest BCUT2D eigenvalue weighted by atomic mass is 10.3. The molecule has 7 nitrogen and oxygen atoms in total. The van der Waals surface area contributed by atoms with Crippen molar-refractivity contribution < 1.29 is 9.59 Å². The summed E-state index contributed by atoms with van der Waals surface area (Å²) in [4.78, 5) is 37.6. The largest absolute Gasteiger partial charge is 0.337 e. The third kappa shape index (κ3) is 4.27. The van der Waals surface area contributed by atoms with Gasteiger partial charge in [0.1, 0.15) is 0 Å². The highest BCUT2D eigenvalue weighted by Gasteiger charge is 2.26. The van der Waals surface area contributed by atoms with Gasteiger partial charge in [0.15, 0.2) is 0 Å². The monoisotopic (exact) mass is 357 g/mol. The van der Waals surface area contributed by atoms with E-state index in [0.717, 1.165) is 4.90 Å². The zero-order valence-corrected chi connectivity index (χ0v) is 14.7. The number of piperazine rings is 1. The minimum Gasteiger partial charge on any atom is -0.337 e. The van der Waals surface area contributed by atoms with Gasteiger partial charge < -0.3 is 15.1 Å². The zero-order chi connectivity index (χ0) is 17.6. The highest BCUT2D eigenvalue weighted by molar-refractivity contribution is 7.98. The number of benzene rings is 1. The minimum absolute atomic E-state index is 0.468. The van der Waals surface area contributed by atoms with E-state index in [9.17, 15) is 9.59 Å². The number of aromatic nitrogens is 2. The van der Waals surface area contributed by atoms with Crippen molar-refractivity contribution in [3.05, 3.63) is 42.7 Å². The lowest BCUT2D eigenvalue weighted by Gasteiger charge is -2.34. The summed E-state index contributed by atoms with van der Waals surface area (Å²) in [6.45, 7) is 2.14. The molecule has 0 spiro atoms. The zero-order valence-electron chi connectivity index (χ0n) is 13.9. The van der Waals surface area contributed by atoms with Crippen LogP contribution in [0, 0.1) is 0 Å². The molecule has 25 heavy (non-hydrogen) atoms. The smallest absolute Gasteiger partial charge is 0.313 e. The number of rotatable bonds is 3. The molecule has 0 radical (unpaired) electrons. The van der Waals surface area contributed by atoms with Crippen molar-refractivity contribution in [3.8, 4) is 0 Å². The van der Waals surface area contributed by atoms with Gasteiger partial charge in [-0.05, 0) is 30.5 Å². The Hall–Kier alpha value is -2.61. The predicted molar refractivity (Wildman–Crippen MR) is 97.7 cm³/mol. The van der Waals surface area contributed by atoms with E-state index >= 15 is 0 Å². The fourth-order valence-corrected chi connectivity index (χ4v) is 3.05. The minimum atomic E-state index is -0.609. The second-order valence-corrected chi connectivity index (χ2v) is 6.39. The van der Waals surface area contributed by atoms with Crippen LogP contribution in [0.25, 0.3) is 0 Å². The number of anilines is 2. The van der Waals surface area contributed by atoms with Crippen LogP contribution in [0.4, 0.5) is 11.6 Å². The molecule has 0 atom stereocenters. The quantitative estimate of drug-likeness (QED) is 0.662. The molecular weight excluding hydrogens is 338 g/mol. The number of hydrogen-bond acceptors (Lipinski definition) is 6. The van der Waals surface area contributed by atoms with Crippen LogP contribution in [0.1, 0.15) is 0 Å². The maximum Gasteiger partial charge on any atom is 0.313 e. The molecule has 1 aromatic heterocycles. The van der Waals surface area contributed by atoms with Crippen molar-refractivity contribution in [1.82, 2.24) is 14.9 Å². The Balaban J connectivity index is 1.56. The van der Waals surface area contributed by atoms with E-state index in [-0.39, 0.29) is 0 Å². The number of hydrogen-bond donors (Lipinski definition) is 1. The molecule has 1 aliphatic rings. The molecule has 2 aromatic rings. The van der Waals surface area contributed by atoms with Crippen LogP contribution in [-0.2, 0) is 9.59 Å². The van der Waals surface area contributed by atoms with Crippen LogP contribution >= 0.6 is 11.8 Å². The summed E-state index contributed by atoms with van der Waals surface area (Å²) >= 11 is 1.58. The number of nitrogens with one attached hydrogen (secondary N) is 1. The summed E-state index contributed by atoms with van der Waals surface area (Å²) in [7, 11) is 0. The molecule has 8 heteroatoms. The first-order valence-electron chi connectivity index (χ1n) is 7.93. The summed E-state index contributed by atoms with van der Waals surface area (Å²) in [5.74, 6) is -0.473. The summed E-state index contributed by atoms with van der Waals surface area (Å²) in [5.41, 5.74) is 0.626. The van der Waals surface area contributed by atoms with Crippen molar-refractivity contribution in [2.24, 2.45) is 0 Å². The van der Waals surface area contributed by atoms with Crippen LogP contribution in [0.15, 0.2) is 47.6 Å². The summed E-state index contributed by atoms with van der Waals surface area (Å²) in [6, 6.07) is 9.19. The molecule has 1 saturated heterocycles. The van der Waals surface area contributed by atoms with Crippen molar-refractivity contribution in [2.75, 3.05) is 42.7 Å². The number of nitrogens with zero attached hydrogens (tertiary/aromatic N) is 4. The van der Waals surface area contributed by atoms with E-state index in [1.54, 1.807) is 41.2 Å². The Morgan fingerprint density at radius 2 is 1.80 bits per heavy atom. The first-order chi connectivity index (χ1) is 12.2. The average molecular weight is 357 g/mol. The third-order valence-electron chi connectivity index (χ3n) is 3.92. The van der Waals surface area contributed by atoms with Gasteiger partial charge in [-0.15, -0.1) is 11.8 Å². The van der Waals surface area contributed by atoms with Crippen LogP contribution in [0.2, 0.25) is 0 Å². The van der Waals surface area contributed by atoms with E-state index in [4.69, 9.17) is 0 Å². The molecular formula is C17H19N5O2S. The Morgan fingerprint density at radius 3 is 2.48 bits per heavy atom. The van der Waals surface area contributed by atoms with Crippen LogP contribution in [0.5, 0.6) is 0 Å². The summed E-state index contributed by atoms with van der Waals surface area (Å²) < 4.78 is 0. The summed E-state index contributed by atoms with van der Waals surface area (Å²) in [5, 5.41) is 2.67. The van der Waals surface area contributed by atoms with Gasteiger partial charge in [0.25, 0.3) is 0 Å². The van der Waals surface area contributed by atoms with E-state index in [1.165, 1.54) is 0 Å². The summed E-state index contributed by atoms with van der Waals surface area (Å²) in [6.07, 6.45) is 5.34. The average Bonchev–Trinajstić information content (AvgIpc) is 2.68. The standard InChI is InChI=1S/C17H19N5O2S/c1-25-14-5-2-4-13(12-14)20-15(23)16(24)21-8-10-22(11-9-21)17-18-6-3-7-19-17/h2-7,12H,8-11H2,1H3,(H,20,23). The Kier molecular flexibility index (Phi) is 5.49. The molecule has 2 heterocycles. The van der Waals surface area contributed by atoms with Gasteiger partial charge in [0.2, 0.25) is 5.95 Å². The van der Waals surface area contributed by atoms with Crippen LogP contribution < -0.4 is 10.2 Å². The molecule has 1 aromatic carbocycles. The van der Waals surface area contributed by atoms with Crippen molar-refractivity contribution >= 4 is 35.2 Å². The second kappa shape index (κ2) is 7.98. The molecule has 0 unspecified atom stereocenters. The molecule has 0 aliphatic carbocycles.